The van der Waals surface area contributed by atoms with Gasteiger partial charge in [0.05, 0.1) is 22.7 Å². The summed E-state index contributed by atoms with van der Waals surface area (Å²) in [5.41, 5.74) is 2.75. The van der Waals surface area contributed by atoms with Gasteiger partial charge in [-0.15, -0.1) is 0 Å². The number of hydrogen-bond donors (Lipinski definition) is 0. The van der Waals surface area contributed by atoms with Gasteiger partial charge >= 0.3 is 0 Å². The van der Waals surface area contributed by atoms with E-state index in [4.69, 9.17) is 4.52 Å². The van der Waals surface area contributed by atoms with Crippen LogP contribution in [0.1, 0.15) is 6.42 Å². The van der Waals surface area contributed by atoms with Crippen LogP contribution in [0.5, 0.6) is 0 Å². The van der Waals surface area contributed by atoms with E-state index >= 15 is 0 Å². The van der Waals surface area contributed by atoms with Gasteiger partial charge in [0.1, 0.15) is 5.82 Å². The van der Waals surface area contributed by atoms with E-state index in [2.05, 4.69) is 36.6 Å². The molecule has 0 unspecified atom stereocenters. The smallest absolute Gasteiger partial charge is 0.180 e. The van der Waals surface area contributed by atoms with Crippen molar-refractivity contribution in [2.24, 2.45) is 0 Å². The van der Waals surface area contributed by atoms with Gasteiger partial charge in [-0.2, -0.15) is 0 Å². The van der Waals surface area contributed by atoms with Gasteiger partial charge in [-0.1, -0.05) is 17.3 Å². The molecule has 1 saturated heterocycles. The van der Waals surface area contributed by atoms with Crippen LogP contribution in [-0.4, -0.2) is 52.3 Å². The summed E-state index contributed by atoms with van der Waals surface area (Å²) < 4.78 is 20.9. The van der Waals surface area contributed by atoms with Crippen LogP contribution in [-0.2, 0) is 6.54 Å². The summed E-state index contributed by atoms with van der Waals surface area (Å²) >= 11 is 0. The van der Waals surface area contributed by atoms with E-state index in [1.165, 1.54) is 17.6 Å². The van der Waals surface area contributed by atoms with Crippen LogP contribution in [0.3, 0.4) is 0 Å². The first-order valence-electron chi connectivity index (χ1n) is 9.70. The highest BCUT2D eigenvalue weighted by atomic mass is 19.1. The number of anilines is 1. The van der Waals surface area contributed by atoms with Crippen molar-refractivity contribution in [1.82, 2.24) is 19.6 Å². The Bertz CT molecular complexity index is 1100. The predicted octanol–water partition coefficient (Wildman–Crippen LogP) is 3.53. The minimum Gasteiger partial charge on any atom is -0.354 e. The molecule has 0 saturated carbocycles. The van der Waals surface area contributed by atoms with Crippen LogP contribution in [0.4, 0.5) is 10.2 Å². The van der Waals surface area contributed by atoms with Gasteiger partial charge in [-0.3, -0.25) is 4.90 Å². The van der Waals surface area contributed by atoms with Crippen LogP contribution in [0.25, 0.3) is 22.0 Å². The normalized spacial score (nSPS) is 15.7. The van der Waals surface area contributed by atoms with Crippen molar-refractivity contribution in [1.29, 1.82) is 0 Å². The van der Waals surface area contributed by atoms with E-state index in [0.717, 1.165) is 62.4 Å². The van der Waals surface area contributed by atoms with Gasteiger partial charge in [-0.25, -0.2) is 9.37 Å². The minimum absolute atomic E-state index is 0.300. The van der Waals surface area contributed by atoms with Crippen molar-refractivity contribution in [2.75, 3.05) is 37.6 Å². The second-order valence-corrected chi connectivity index (χ2v) is 7.26. The number of nitrogens with zero attached hydrogens (tertiary/aromatic N) is 5. The summed E-state index contributed by atoms with van der Waals surface area (Å²) in [7, 11) is 0. The summed E-state index contributed by atoms with van der Waals surface area (Å²) in [5, 5.41) is 5.04. The molecule has 6 nitrogen and oxygen atoms in total. The van der Waals surface area contributed by atoms with Crippen LogP contribution in [0.15, 0.2) is 53.3 Å². The molecule has 3 heterocycles. The number of rotatable bonds is 5. The molecule has 0 amide bonds. The number of hydrogen-bond acceptors (Lipinski definition) is 5. The minimum atomic E-state index is -0.300. The Hall–Kier alpha value is -2.93. The molecule has 0 radical (unpaired) electrons. The maximum absolute atomic E-state index is 13.3. The standard InChI is InChI=1S/C21H22FN5O/c22-16-6-7-17-20(14-16)28-24-21(17)26-12-10-25(11-13-26)8-3-9-27-15-23-18-4-1-2-5-19(18)27/h1-2,4-7,14-15H,3,8-13H2. The second kappa shape index (κ2) is 7.24. The average molecular weight is 379 g/mol. The number of aryl methyl sites for hydroxylation is 1. The molecule has 1 fully saturated rings. The topological polar surface area (TPSA) is 50.3 Å². The van der Waals surface area contributed by atoms with E-state index in [9.17, 15) is 4.39 Å². The Balaban J connectivity index is 1.16. The van der Waals surface area contributed by atoms with E-state index in [1.54, 1.807) is 6.07 Å². The quantitative estimate of drug-likeness (QED) is 0.531. The zero-order chi connectivity index (χ0) is 18.9. The van der Waals surface area contributed by atoms with Gasteiger partial charge < -0.3 is 14.0 Å². The summed E-state index contributed by atoms with van der Waals surface area (Å²) in [4.78, 5) is 9.17. The lowest BCUT2D eigenvalue weighted by Gasteiger charge is -2.34. The highest BCUT2D eigenvalue weighted by Crippen LogP contribution is 2.27. The number of para-hydroxylation sites is 2. The molecule has 7 heteroatoms. The molecular weight excluding hydrogens is 357 g/mol. The maximum Gasteiger partial charge on any atom is 0.180 e. The third kappa shape index (κ3) is 3.22. The SMILES string of the molecule is Fc1ccc2c(N3CCN(CCCn4cnc5ccccc54)CC3)noc2c1. The van der Waals surface area contributed by atoms with Gasteiger partial charge in [0.25, 0.3) is 0 Å². The Morgan fingerprint density at radius 3 is 2.75 bits per heavy atom. The summed E-state index contributed by atoms with van der Waals surface area (Å²) in [6, 6.07) is 12.8. The summed E-state index contributed by atoms with van der Waals surface area (Å²) in [6.45, 7) is 5.80. The van der Waals surface area contributed by atoms with Crippen molar-refractivity contribution in [3.63, 3.8) is 0 Å². The third-order valence-electron chi connectivity index (χ3n) is 5.49. The van der Waals surface area contributed by atoms with Crippen molar-refractivity contribution >= 4 is 27.8 Å². The zero-order valence-corrected chi connectivity index (χ0v) is 15.6. The van der Waals surface area contributed by atoms with Gasteiger partial charge in [0, 0.05) is 38.8 Å². The molecule has 1 aliphatic heterocycles. The van der Waals surface area contributed by atoms with Crippen LogP contribution < -0.4 is 4.90 Å². The van der Waals surface area contributed by atoms with E-state index in [1.807, 2.05) is 18.5 Å². The van der Waals surface area contributed by atoms with Crippen LogP contribution >= 0.6 is 0 Å². The largest absolute Gasteiger partial charge is 0.354 e. The number of halogens is 1. The van der Waals surface area contributed by atoms with Crippen molar-refractivity contribution in [2.45, 2.75) is 13.0 Å². The van der Waals surface area contributed by atoms with Crippen molar-refractivity contribution in [3.05, 3.63) is 54.6 Å². The first kappa shape index (κ1) is 17.2. The fourth-order valence-electron chi connectivity index (χ4n) is 3.96. The number of fused-ring (bicyclic) bond motifs is 2. The Labute approximate surface area is 162 Å². The number of imidazole rings is 1. The van der Waals surface area contributed by atoms with Gasteiger partial charge in [0.2, 0.25) is 0 Å². The maximum atomic E-state index is 13.3. The predicted molar refractivity (Wildman–Crippen MR) is 107 cm³/mol. The molecule has 0 atom stereocenters. The molecule has 2 aromatic heterocycles. The first-order valence-corrected chi connectivity index (χ1v) is 9.70. The molecule has 1 aliphatic rings. The summed E-state index contributed by atoms with van der Waals surface area (Å²) in [6.07, 6.45) is 3.02. The second-order valence-electron chi connectivity index (χ2n) is 7.26. The molecule has 0 aliphatic carbocycles. The Morgan fingerprint density at radius 2 is 1.86 bits per heavy atom. The molecule has 0 spiro atoms. The molecule has 28 heavy (non-hydrogen) atoms. The van der Waals surface area contributed by atoms with Crippen LogP contribution in [0.2, 0.25) is 0 Å². The molecule has 2 aromatic carbocycles. The molecule has 144 valence electrons. The molecule has 0 bridgehead atoms. The first-order chi connectivity index (χ1) is 13.8. The lowest BCUT2D eigenvalue weighted by Crippen LogP contribution is -2.46. The van der Waals surface area contributed by atoms with E-state index in [0.29, 0.717) is 5.58 Å². The molecule has 5 rings (SSSR count). The lowest BCUT2D eigenvalue weighted by molar-refractivity contribution is 0.249. The van der Waals surface area contributed by atoms with Crippen LogP contribution in [0, 0.1) is 5.82 Å². The molecule has 0 N–H and O–H groups in total. The lowest BCUT2D eigenvalue weighted by atomic mass is 10.2. The average Bonchev–Trinajstić information content (AvgIpc) is 3.33. The highest BCUT2D eigenvalue weighted by molar-refractivity contribution is 5.88. The molecule has 4 aromatic rings. The number of benzene rings is 2. The molecular formula is C21H22FN5O. The van der Waals surface area contributed by atoms with Crippen molar-refractivity contribution in [3.8, 4) is 0 Å². The van der Waals surface area contributed by atoms with Gasteiger partial charge in [-0.05, 0) is 37.2 Å². The monoisotopic (exact) mass is 379 g/mol. The van der Waals surface area contributed by atoms with Crippen molar-refractivity contribution < 1.29 is 8.91 Å². The van der Waals surface area contributed by atoms with E-state index in [-0.39, 0.29) is 5.82 Å². The number of aromatic nitrogens is 3. The zero-order valence-electron chi connectivity index (χ0n) is 15.6. The van der Waals surface area contributed by atoms with Gasteiger partial charge in [0.15, 0.2) is 11.4 Å². The van der Waals surface area contributed by atoms with E-state index < -0.39 is 0 Å². The Morgan fingerprint density at radius 1 is 1.00 bits per heavy atom. The number of piperazine rings is 1. The highest BCUT2D eigenvalue weighted by Gasteiger charge is 2.21. The summed E-state index contributed by atoms with van der Waals surface area (Å²) in [5.74, 6) is 0.519. The Kier molecular flexibility index (Phi) is 4.44. The fourth-order valence-corrected chi connectivity index (χ4v) is 3.96. The third-order valence-corrected chi connectivity index (χ3v) is 5.49. The fraction of sp³-hybridized carbons (Fsp3) is 0.333.